The maximum Gasteiger partial charge on any atom is 0.330 e. The molecule has 0 bridgehead atoms. The molecule has 0 aliphatic carbocycles. The Morgan fingerprint density at radius 1 is 1.05 bits per heavy atom. The molecule has 1 aromatic rings. The van der Waals surface area contributed by atoms with Crippen LogP contribution in [0.5, 0.6) is 11.5 Å². The molecule has 0 radical (unpaired) electrons. The van der Waals surface area contributed by atoms with E-state index in [1.54, 1.807) is 31.4 Å². The third-order valence-electron chi connectivity index (χ3n) is 2.30. The predicted molar refractivity (Wildman–Crippen MR) is 76.4 cm³/mol. The SMILES string of the molecule is C=CC(=O)OCCOCCOc1ccc(OCOC)cc1. The monoisotopic (exact) mass is 296 g/mol. The molecule has 0 spiro atoms. The number of ether oxygens (including phenoxy) is 5. The van der Waals surface area contributed by atoms with Crippen LogP contribution < -0.4 is 9.47 Å². The molecule has 1 aromatic carbocycles. The Morgan fingerprint density at radius 2 is 1.67 bits per heavy atom. The van der Waals surface area contributed by atoms with Crippen LogP contribution in [0.15, 0.2) is 36.9 Å². The maximum absolute atomic E-state index is 10.7. The van der Waals surface area contributed by atoms with Gasteiger partial charge in [0.15, 0.2) is 6.79 Å². The Kier molecular flexibility index (Phi) is 8.67. The van der Waals surface area contributed by atoms with E-state index in [1.165, 1.54) is 0 Å². The number of carbonyl (C=O) groups is 1. The Balaban J connectivity index is 2.07. The molecular weight excluding hydrogens is 276 g/mol. The molecule has 0 saturated heterocycles. The largest absolute Gasteiger partial charge is 0.491 e. The van der Waals surface area contributed by atoms with Gasteiger partial charge in [0, 0.05) is 13.2 Å². The lowest BCUT2D eigenvalue weighted by Crippen LogP contribution is -2.12. The molecule has 0 atom stereocenters. The standard InChI is InChI=1S/C15H20O6/c1-3-15(16)20-11-9-18-8-10-19-13-4-6-14(7-5-13)21-12-17-2/h3-7H,1,8-12H2,2H3. The van der Waals surface area contributed by atoms with Crippen LogP contribution in [0.2, 0.25) is 0 Å². The van der Waals surface area contributed by atoms with Gasteiger partial charge in [-0.15, -0.1) is 0 Å². The van der Waals surface area contributed by atoms with Crippen molar-refractivity contribution in [3.8, 4) is 11.5 Å². The number of rotatable bonds is 11. The Hall–Kier alpha value is -2.05. The molecule has 0 N–H and O–H groups in total. The summed E-state index contributed by atoms with van der Waals surface area (Å²) >= 11 is 0. The first-order valence-corrected chi connectivity index (χ1v) is 6.48. The van der Waals surface area contributed by atoms with Gasteiger partial charge < -0.3 is 23.7 Å². The molecule has 0 unspecified atom stereocenters. The van der Waals surface area contributed by atoms with Crippen LogP contribution in [0.25, 0.3) is 0 Å². The molecule has 0 aromatic heterocycles. The van der Waals surface area contributed by atoms with Crippen molar-refractivity contribution in [2.24, 2.45) is 0 Å². The van der Waals surface area contributed by atoms with Gasteiger partial charge in [-0.3, -0.25) is 0 Å². The highest BCUT2D eigenvalue weighted by molar-refractivity contribution is 5.81. The third-order valence-corrected chi connectivity index (χ3v) is 2.30. The molecule has 0 aliphatic rings. The van der Waals surface area contributed by atoms with E-state index in [2.05, 4.69) is 6.58 Å². The zero-order valence-electron chi connectivity index (χ0n) is 12.1. The van der Waals surface area contributed by atoms with Crippen LogP contribution in [0.4, 0.5) is 0 Å². The van der Waals surface area contributed by atoms with E-state index in [0.29, 0.717) is 25.6 Å². The molecular formula is C15H20O6. The second kappa shape index (κ2) is 10.7. The summed E-state index contributed by atoms with van der Waals surface area (Å²) in [5, 5.41) is 0. The van der Waals surface area contributed by atoms with Crippen molar-refractivity contribution in [1.29, 1.82) is 0 Å². The number of esters is 1. The molecule has 0 fully saturated rings. The highest BCUT2D eigenvalue weighted by Gasteiger charge is 1.98. The van der Waals surface area contributed by atoms with Gasteiger partial charge in [0.25, 0.3) is 0 Å². The first-order chi connectivity index (χ1) is 10.3. The highest BCUT2D eigenvalue weighted by atomic mass is 16.7. The second-order valence-electron chi connectivity index (χ2n) is 3.85. The van der Waals surface area contributed by atoms with E-state index in [0.717, 1.165) is 11.8 Å². The summed E-state index contributed by atoms with van der Waals surface area (Å²) in [6.45, 7) is 4.86. The normalized spacial score (nSPS) is 9.95. The van der Waals surface area contributed by atoms with Gasteiger partial charge in [-0.25, -0.2) is 4.79 Å². The molecule has 21 heavy (non-hydrogen) atoms. The predicted octanol–water partition coefficient (Wildman–Crippen LogP) is 1.79. The van der Waals surface area contributed by atoms with E-state index in [4.69, 9.17) is 23.7 Å². The molecule has 0 aliphatic heterocycles. The van der Waals surface area contributed by atoms with Gasteiger partial charge >= 0.3 is 5.97 Å². The second-order valence-corrected chi connectivity index (χ2v) is 3.85. The summed E-state index contributed by atoms with van der Waals surface area (Å²) in [6, 6.07) is 7.20. The first kappa shape index (κ1) is 17.0. The van der Waals surface area contributed by atoms with Crippen molar-refractivity contribution in [3.63, 3.8) is 0 Å². The van der Waals surface area contributed by atoms with Gasteiger partial charge in [-0.1, -0.05) is 6.58 Å². The fourth-order valence-corrected chi connectivity index (χ4v) is 1.34. The molecule has 0 heterocycles. The molecule has 6 heteroatoms. The van der Waals surface area contributed by atoms with Crippen molar-refractivity contribution < 1.29 is 28.5 Å². The van der Waals surface area contributed by atoms with Gasteiger partial charge in [0.2, 0.25) is 0 Å². The smallest absolute Gasteiger partial charge is 0.330 e. The van der Waals surface area contributed by atoms with Crippen molar-refractivity contribution in [2.75, 3.05) is 40.3 Å². The van der Waals surface area contributed by atoms with Crippen molar-refractivity contribution in [2.45, 2.75) is 0 Å². The van der Waals surface area contributed by atoms with E-state index in [9.17, 15) is 4.79 Å². The summed E-state index contributed by atoms with van der Waals surface area (Å²) in [7, 11) is 1.57. The Bertz CT molecular complexity index is 415. The van der Waals surface area contributed by atoms with Gasteiger partial charge in [0.1, 0.15) is 24.7 Å². The fourth-order valence-electron chi connectivity index (χ4n) is 1.34. The fraction of sp³-hybridized carbons (Fsp3) is 0.400. The minimum absolute atomic E-state index is 0.205. The lowest BCUT2D eigenvalue weighted by molar-refractivity contribution is -0.139. The van der Waals surface area contributed by atoms with Gasteiger partial charge in [-0.05, 0) is 24.3 Å². The van der Waals surface area contributed by atoms with Crippen LogP contribution in [0.1, 0.15) is 0 Å². The van der Waals surface area contributed by atoms with Crippen molar-refractivity contribution in [3.05, 3.63) is 36.9 Å². The minimum atomic E-state index is -0.453. The van der Waals surface area contributed by atoms with Crippen molar-refractivity contribution in [1.82, 2.24) is 0 Å². The summed E-state index contributed by atoms with van der Waals surface area (Å²) in [4.78, 5) is 10.7. The maximum atomic E-state index is 10.7. The molecule has 0 saturated carbocycles. The average molecular weight is 296 g/mol. The highest BCUT2D eigenvalue weighted by Crippen LogP contribution is 2.17. The first-order valence-electron chi connectivity index (χ1n) is 6.48. The Labute approximate surface area is 124 Å². The topological polar surface area (TPSA) is 63.2 Å². The van der Waals surface area contributed by atoms with Crippen LogP contribution in [-0.4, -0.2) is 46.3 Å². The zero-order valence-corrected chi connectivity index (χ0v) is 12.1. The van der Waals surface area contributed by atoms with Crippen LogP contribution in [-0.2, 0) is 19.0 Å². The number of methoxy groups -OCH3 is 1. The summed E-state index contributed by atoms with van der Waals surface area (Å²) in [6.07, 6.45) is 1.11. The molecule has 0 amide bonds. The molecule has 6 nitrogen and oxygen atoms in total. The summed E-state index contributed by atoms with van der Waals surface area (Å²) in [5.74, 6) is 0.983. The lowest BCUT2D eigenvalue weighted by atomic mass is 10.3. The van der Waals surface area contributed by atoms with Crippen molar-refractivity contribution >= 4 is 5.97 Å². The van der Waals surface area contributed by atoms with E-state index in [1.807, 2.05) is 0 Å². The number of hydrogen-bond donors (Lipinski definition) is 0. The zero-order chi connectivity index (χ0) is 15.3. The summed E-state index contributed by atoms with van der Waals surface area (Å²) in [5.41, 5.74) is 0. The van der Waals surface area contributed by atoms with Crippen LogP contribution in [0, 0.1) is 0 Å². The van der Waals surface area contributed by atoms with E-state index >= 15 is 0 Å². The average Bonchev–Trinajstić information content (AvgIpc) is 2.52. The Morgan fingerprint density at radius 3 is 2.29 bits per heavy atom. The number of carbonyl (C=O) groups excluding carboxylic acids is 1. The van der Waals surface area contributed by atoms with Gasteiger partial charge in [0.05, 0.1) is 13.2 Å². The van der Waals surface area contributed by atoms with Gasteiger partial charge in [-0.2, -0.15) is 0 Å². The minimum Gasteiger partial charge on any atom is -0.491 e. The number of benzene rings is 1. The van der Waals surface area contributed by atoms with E-state index < -0.39 is 5.97 Å². The third kappa shape index (κ3) is 7.96. The van der Waals surface area contributed by atoms with E-state index in [-0.39, 0.29) is 13.4 Å². The quantitative estimate of drug-likeness (QED) is 0.268. The lowest BCUT2D eigenvalue weighted by Gasteiger charge is -2.08. The summed E-state index contributed by atoms with van der Waals surface area (Å²) < 4.78 is 25.5. The van der Waals surface area contributed by atoms with Crippen LogP contribution >= 0.6 is 0 Å². The molecule has 1 rings (SSSR count). The van der Waals surface area contributed by atoms with Crippen LogP contribution in [0.3, 0.4) is 0 Å². The molecule has 116 valence electrons. The number of hydrogen-bond acceptors (Lipinski definition) is 6.